The molecule has 0 N–H and O–H groups in total. The first kappa shape index (κ1) is 20.3. The lowest BCUT2D eigenvalue weighted by molar-refractivity contribution is -0.137. The average Bonchev–Trinajstić information content (AvgIpc) is 2.77. The van der Waals surface area contributed by atoms with Crippen LogP contribution in [0.1, 0.15) is 43.0 Å². The van der Waals surface area contributed by atoms with E-state index in [1.807, 2.05) is 53.1 Å². The van der Waals surface area contributed by atoms with Crippen molar-refractivity contribution in [3.63, 3.8) is 0 Å². The highest BCUT2D eigenvalue weighted by molar-refractivity contribution is 5.80. The molecule has 6 nitrogen and oxygen atoms in total. The maximum atomic E-state index is 13.3. The van der Waals surface area contributed by atoms with E-state index in [-0.39, 0.29) is 24.3 Å². The van der Waals surface area contributed by atoms with Crippen LogP contribution in [0.2, 0.25) is 0 Å². The topological polar surface area (TPSA) is 59.1 Å². The zero-order valence-corrected chi connectivity index (χ0v) is 17.6. The van der Waals surface area contributed by atoms with Gasteiger partial charge < -0.3 is 19.3 Å². The van der Waals surface area contributed by atoms with Gasteiger partial charge in [-0.25, -0.2) is 0 Å². The Balaban J connectivity index is 1.55. The molecule has 2 heterocycles. The van der Waals surface area contributed by atoms with Crippen LogP contribution < -0.4 is 9.47 Å². The molecule has 1 atom stereocenters. The Kier molecular flexibility index (Phi) is 5.93. The van der Waals surface area contributed by atoms with Gasteiger partial charge in [0.15, 0.2) is 11.5 Å². The fourth-order valence-electron chi connectivity index (χ4n) is 4.38. The molecule has 158 valence electrons. The van der Waals surface area contributed by atoms with Gasteiger partial charge >= 0.3 is 0 Å². The van der Waals surface area contributed by atoms with Crippen LogP contribution >= 0.6 is 0 Å². The molecule has 6 heteroatoms. The van der Waals surface area contributed by atoms with Crippen LogP contribution in [-0.4, -0.2) is 47.9 Å². The van der Waals surface area contributed by atoms with Crippen LogP contribution in [0.25, 0.3) is 0 Å². The summed E-state index contributed by atoms with van der Waals surface area (Å²) in [5.74, 6) is 1.49. The average molecular weight is 408 g/mol. The Morgan fingerprint density at radius 3 is 2.70 bits per heavy atom. The first-order valence-electron chi connectivity index (χ1n) is 10.6. The Bertz CT molecular complexity index is 943. The highest BCUT2D eigenvalue weighted by atomic mass is 16.6. The summed E-state index contributed by atoms with van der Waals surface area (Å²) in [4.78, 5) is 29.2. The van der Waals surface area contributed by atoms with Gasteiger partial charge in [0.2, 0.25) is 11.8 Å². The van der Waals surface area contributed by atoms with Gasteiger partial charge in [0, 0.05) is 32.1 Å². The summed E-state index contributed by atoms with van der Waals surface area (Å²) < 4.78 is 11.5. The smallest absolute Gasteiger partial charge is 0.225 e. The van der Waals surface area contributed by atoms with Crippen LogP contribution in [0.5, 0.6) is 11.5 Å². The summed E-state index contributed by atoms with van der Waals surface area (Å²) in [5.41, 5.74) is 3.24. The molecule has 0 bridgehead atoms. The number of para-hydroxylation sites is 1. The molecule has 2 aliphatic rings. The highest BCUT2D eigenvalue weighted by Crippen LogP contribution is 2.36. The van der Waals surface area contributed by atoms with Crippen molar-refractivity contribution >= 4 is 11.8 Å². The lowest BCUT2D eigenvalue weighted by Crippen LogP contribution is -2.42. The van der Waals surface area contributed by atoms with E-state index in [1.165, 1.54) is 5.56 Å². The van der Waals surface area contributed by atoms with E-state index in [1.54, 1.807) is 6.92 Å². The third-order valence-electron chi connectivity index (χ3n) is 5.93. The number of carbonyl (C=O) groups excluding carboxylic acids is 2. The molecule has 2 aromatic rings. The SMILES string of the molecule is CCN(Cc1cccc2c1OCCO2)C(=O)CC1c2ccccc2CCN1C(C)=O. The molecule has 0 aliphatic carbocycles. The van der Waals surface area contributed by atoms with Gasteiger partial charge in [0.25, 0.3) is 0 Å². The van der Waals surface area contributed by atoms with Crippen molar-refractivity contribution in [2.75, 3.05) is 26.3 Å². The molecule has 2 amide bonds. The van der Waals surface area contributed by atoms with Crippen molar-refractivity contribution in [2.45, 2.75) is 39.3 Å². The van der Waals surface area contributed by atoms with E-state index in [0.717, 1.165) is 29.0 Å². The van der Waals surface area contributed by atoms with Gasteiger partial charge in [0.05, 0.1) is 12.5 Å². The van der Waals surface area contributed by atoms with E-state index in [4.69, 9.17) is 9.47 Å². The number of rotatable bonds is 5. The van der Waals surface area contributed by atoms with Crippen molar-refractivity contribution in [1.82, 2.24) is 9.80 Å². The Hall–Kier alpha value is -3.02. The molecule has 4 rings (SSSR count). The lowest BCUT2D eigenvalue weighted by atomic mass is 9.90. The van der Waals surface area contributed by atoms with E-state index >= 15 is 0 Å². The molecule has 2 aliphatic heterocycles. The minimum Gasteiger partial charge on any atom is -0.486 e. The standard InChI is InChI=1S/C24H28N2O4/c1-3-25(16-19-8-6-10-22-24(19)30-14-13-29-22)23(28)15-21-20-9-5-4-7-18(20)11-12-26(21)17(2)27/h4-10,21H,3,11-16H2,1-2H3. The summed E-state index contributed by atoms with van der Waals surface area (Å²) in [6.45, 7) is 6.28. The Labute approximate surface area is 177 Å². The molecule has 30 heavy (non-hydrogen) atoms. The number of benzene rings is 2. The van der Waals surface area contributed by atoms with E-state index in [9.17, 15) is 9.59 Å². The molecule has 0 fully saturated rings. The summed E-state index contributed by atoms with van der Waals surface area (Å²) in [6, 6.07) is 13.7. The van der Waals surface area contributed by atoms with Gasteiger partial charge in [0.1, 0.15) is 13.2 Å². The fourth-order valence-corrected chi connectivity index (χ4v) is 4.38. The highest BCUT2D eigenvalue weighted by Gasteiger charge is 2.32. The first-order valence-corrected chi connectivity index (χ1v) is 10.6. The molecule has 1 unspecified atom stereocenters. The Morgan fingerprint density at radius 1 is 1.10 bits per heavy atom. The van der Waals surface area contributed by atoms with E-state index in [0.29, 0.717) is 32.8 Å². The van der Waals surface area contributed by atoms with Gasteiger partial charge in [-0.05, 0) is 30.5 Å². The zero-order chi connectivity index (χ0) is 21.1. The first-order chi connectivity index (χ1) is 14.6. The maximum Gasteiger partial charge on any atom is 0.225 e. The minimum absolute atomic E-state index is 0.00743. The third-order valence-corrected chi connectivity index (χ3v) is 5.93. The van der Waals surface area contributed by atoms with Crippen LogP contribution in [0, 0.1) is 0 Å². The number of fused-ring (bicyclic) bond motifs is 2. The number of hydrogen-bond donors (Lipinski definition) is 0. The number of hydrogen-bond acceptors (Lipinski definition) is 4. The van der Waals surface area contributed by atoms with Gasteiger partial charge in [-0.15, -0.1) is 0 Å². The van der Waals surface area contributed by atoms with Crippen molar-refractivity contribution < 1.29 is 19.1 Å². The maximum absolute atomic E-state index is 13.3. The molecule has 0 saturated carbocycles. The van der Waals surface area contributed by atoms with Crippen LogP contribution in [0.3, 0.4) is 0 Å². The van der Waals surface area contributed by atoms with Crippen molar-refractivity contribution in [3.05, 3.63) is 59.2 Å². The molecular weight excluding hydrogens is 380 g/mol. The molecule has 0 spiro atoms. The molecule has 0 radical (unpaired) electrons. The zero-order valence-electron chi connectivity index (χ0n) is 17.6. The molecule has 0 aromatic heterocycles. The summed E-state index contributed by atoms with van der Waals surface area (Å²) in [7, 11) is 0. The monoisotopic (exact) mass is 408 g/mol. The predicted octanol–water partition coefficient (Wildman–Crippen LogP) is 3.34. The van der Waals surface area contributed by atoms with Crippen LogP contribution in [0.15, 0.2) is 42.5 Å². The number of amides is 2. The fraction of sp³-hybridized carbons (Fsp3) is 0.417. The molecular formula is C24H28N2O4. The largest absolute Gasteiger partial charge is 0.486 e. The summed E-state index contributed by atoms with van der Waals surface area (Å²) in [6.07, 6.45) is 1.10. The quantitative estimate of drug-likeness (QED) is 0.761. The Morgan fingerprint density at radius 2 is 1.90 bits per heavy atom. The second-order valence-corrected chi connectivity index (χ2v) is 7.73. The van der Waals surface area contributed by atoms with Crippen LogP contribution in [-0.2, 0) is 22.6 Å². The van der Waals surface area contributed by atoms with Gasteiger partial charge in [-0.3, -0.25) is 9.59 Å². The van der Waals surface area contributed by atoms with Crippen molar-refractivity contribution in [1.29, 1.82) is 0 Å². The second kappa shape index (κ2) is 8.78. The normalized spacial score (nSPS) is 17.3. The van der Waals surface area contributed by atoms with E-state index < -0.39 is 0 Å². The third kappa shape index (κ3) is 3.99. The number of carbonyl (C=O) groups is 2. The number of ether oxygens (including phenoxy) is 2. The molecule has 0 saturated heterocycles. The van der Waals surface area contributed by atoms with Gasteiger partial charge in [-0.2, -0.15) is 0 Å². The van der Waals surface area contributed by atoms with Crippen molar-refractivity contribution in [2.24, 2.45) is 0 Å². The minimum atomic E-state index is -0.224. The number of nitrogens with zero attached hydrogens (tertiary/aromatic N) is 2. The van der Waals surface area contributed by atoms with Crippen molar-refractivity contribution in [3.8, 4) is 11.5 Å². The summed E-state index contributed by atoms with van der Waals surface area (Å²) in [5, 5.41) is 0. The van der Waals surface area contributed by atoms with E-state index in [2.05, 4.69) is 6.07 Å². The summed E-state index contributed by atoms with van der Waals surface area (Å²) >= 11 is 0. The van der Waals surface area contributed by atoms with Gasteiger partial charge in [-0.1, -0.05) is 36.4 Å². The second-order valence-electron chi connectivity index (χ2n) is 7.73. The van der Waals surface area contributed by atoms with Crippen LogP contribution in [0.4, 0.5) is 0 Å². The predicted molar refractivity (Wildman–Crippen MR) is 113 cm³/mol. The molecule has 2 aromatic carbocycles. The lowest BCUT2D eigenvalue weighted by Gasteiger charge is -2.37.